The Morgan fingerprint density at radius 3 is 2.55 bits per heavy atom. The second-order valence-electron chi connectivity index (χ2n) is 7.92. The van der Waals surface area contributed by atoms with Crippen molar-refractivity contribution >= 4 is 21.9 Å². The molecule has 5 rings (SSSR count). The van der Waals surface area contributed by atoms with Gasteiger partial charge in [0, 0.05) is 30.1 Å². The number of benzene rings is 2. The summed E-state index contributed by atoms with van der Waals surface area (Å²) in [6.45, 7) is 0. The van der Waals surface area contributed by atoms with Gasteiger partial charge < -0.3 is 4.98 Å². The quantitative estimate of drug-likeness (QED) is 0.459. The van der Waals surface area contributed by atoms with E-state index in [1.807, 2.05) is 18.2 Å². The first-order chi connectivity index (χ1) is 14.1. The molecule has 0 saturated heterocycles. The van der Waals surface area contributed by atoms with Gasteiger partial charge in [0.25, 0.3) is 0 Å². The van der Waals surface area contributed by atoms with Gasteiger partial charge in [-0.15, -0.1) is 0 Å². The van der Waals surface area contributed by atoms with Gasteiger partial charge in [0.1, 0.15) is 17.2 Å². The van der Waals surface area contributed by atoms with Gasteiger partial charge in [0.2, 0.25) is 0 Å². The van der Waals surface area contributed by atoms with E-state index in [-0.39, 0.29) is 5.82 Å². The molecule has 1 saturated carbocycles. The van der Waals surface area contributed by atoms with Crippen LogP contribution in [0.2, 0.25) is 0 Å². The highest BCUT2D eigenvalue weighted by Gasteiger charge is 2.25. The van der Waals surface area contributed by atoms with Gasteiger partial charge in [-0.3, -0.25) is 4.98 Å². The minimum atomic E-state index is -0.878. The van der Waals surface area contributed by atoms with Crippen molar-refractivity contribution in [2.45, 2.75) is 38.0 Å². The lowest BCUT2D eigenvalue weighted by Crippen LogP contribution is -2.16. The number of nitrogens with one attached hydrogen (secondary N) is 1. The molecule has 0 unspecified atom stereocenters. The van der Waals surface area contributed by atoms with E-state index in [1.165, 1.54) is 11.6 Å². The third-order valence-electron chi connectivity index (χ3n) is 6.10. The van der Waals surface area contributed by atoms with Crippen molar-refractivity contribution in [3.8, 4) is 0 Å². The van der Waals surface area contributed by atoms with Gasteiger partial charge in [-0.1, -0.05) is 12.1 Å². The Bertz CT molecular complexity index is 1150. The predicted molar refractivity (Wildman–Crippen MR) is 106 cm³/mol. The summed E-state index contributed by atoms with van der Waals surface area (Å²) in [5, 5.41) is 0.900. The van der Waals surface area contributed by atoms with E-state index in [0.29, 0.717) is 28.4 Å². The highest BCUT2D eigenvalue weighted by Crippen LogP contribution is 2.39. The molecule has 6 heteroatoms. The van der Waals surface area contributed by atoms with Crippen LogP contribution in [0.15, 0.2) is 42.6 Å². The number of fused-ring (bicyclic) bond motifs is 2. The molecule has 0 radical (unpaired) electrons. The standard InChI is InChI=1S/C23H20F3N3/c24-17-8-7-15(16-2-1-9-27-23(16)17)14-5-3-13(4-6-14)10-22-28-20-11-18(25)19(26)12-21(20)29-22/h1-2,7-9,11-14H,3-6,10H2,(H,28,29). The maximum Gasteiger partial charge on any atom is 0.161 e. The molecule has 2 aromatic carbocycles. The lowest BCUT2D eigenvalue weighted by molar-refractivity contribution is 0.322. The van der Waals surface area contributed by atoms with Gasteiger partial charge in [-0.25, -0.2) is 18.2 Å². The third kappa shape index (κ3) is 3.37. The van der Waals surface area contributed by atoms with Crippen LogP contribution in [0.25, 0.3) is 21.9 Å². The minimum Gasteiger partial charge on any atom is -0.342 e. The van der Waals surface area contributed by atoms with Gasteiger partial charge in [0.05, 0.1) is 11.0 Å². The van der Waals surface area contributed by atoms with Gasteiger partial charge in [-0.05, 0) is 55.2 Å². The first-order valence-electron chi connectivity index (χ1n) is 9.95. The van der Waals surface area contributed by atoms with Crippen molar-refractivity contribution in [2.24, 2.45) is 5.92 Å². The second kappa shape index (κ2) is 7.17. The summed E-state index contributed by atoms with van der Waals surface area (Å²) in [6.07, 6.45) is 6.48. The molecule has 0 amide bonds. The normalized spacial score (nSPS) is 19.8. The number of aromatic amines is 1. The molecule has 0 aliphatic heterocycles. The van der Waals surface area contributed by atoms with Gasteiger partial charge in [-0.2, -0.15) is 0 Å². The highest BCUT2D eigenvalue weighted by atomic mass is 19.2. The average molecular weight is 395 g/mol. The molecule has 0 spiro atoms. The van der Waals surface area contributed by atoms with Crippen LogP contribution in [0.5, 0.6) is 0 Å². The number of hydrogen-bond donors (Lipinski definition) is 1. The molecule has 2 heterocycles. The first-order valence-corrected chi connectivity index (χ1v) is 9.95. The molecular formula is C23H20F3N3. The smallest absolute Gasteiger partial charge is 0.161 e. The lowest BCUT2D eigenvalue weighted by atomic mass is 9.76. The zero-order valence-electron chi connectivity index (χ0n) is 15.8. The fourth-order valence-electron chi connectivity index (χ4n) is 4.62. The zero-order valence-corrected chi connectivity index (χ0v) is 15.8. The van der Waals surface area contributed by atoms with Crippen molar-refractivity contribution in [3.05, 3.63) is 71.4 Å². The summed E-state index contributed by atoms with van der Waals surface area (Å²) < 4.78 is 40.9. The molecule has 2 aromatic heterocycles. The number of rotatable bonds is 3. The molecule has 148 valence electrons. The van der Waals surface area contributed by atoms with E-state index in [0.717, 1.165) is 55.4 Å². The summed E-state index contributed by atoms with van der Waals surface area (Å²) >= 11 is 0. The molecule has 1 aliphatic rings. The topological polar surface area (TPSA) is 41.6 Å². The van der Waals surface area contributed by atoms with Crippen LogP contribution in [0, 0.1) is 23.4 Å². The largest absolute Gasteiger partial charge is 0.342 e. The third-order valence-corrected chi connectivity index (χ3v) is 6.10. The first kappa shape index (κ1) is 18.2. The average Bonchev–Trinajstić information content (AvgIpc) is 3.10. The van der Waals surface area contributed by atoms with E-state index in [9.17, 15) is 13.2 Å². The van der Waals surface area contributed by atoms with Crippen molar-refractivity contribution in [1.29, 1.82) is 0 Å². The van der Waals surface area contributed by atoms with E-state index in [4.69, 9.17) is 0 Å². The minimum absolute atomic E-state index is 0.282. The number of hydrogen-bond acceptors (Lipinski definition) is 2. The Labute approximate surface area is 166 Å². The predicted octanol–water partition coefficient (Wildman–Crippen LogP) is 6.04. The van der Waals surface area contributed by atoms with Crippen LogP contribution in [0.1, 0.15) is 43.0 Å². The molecule has 1 fully saturated rings. The molecule has 0 bridgehead atoms. The van der Waals surface area contributed by atoms with Crippen molar-refractivity contribution in [2.75, 3.05) is 0 Å². The van der Waals surface area contributed by atoms with Crippen molar-refractivity contribution in [3.63, 3.8) is 0 Å². The zero-order chi connectivity index (χ0) is 20.0. The molecule has 1 N–H and O–H groups in total. The summed E-state index contributed by atoms with van der Waals surface area (Å²) in [4.78, 5) is 11.7. The Hall–Kier alpha value is -2.89. The number of halogens is 3. The number of nitrogens with zero attached hydrogens (tertiary/aromatic N) is 2. The Morgan fingerprint density at radius 1 is 0.931 bits per heavy atom. The van der Waals surface area contributed by atoms with Crippen LogP contribution in [-0.4, -0.2) is 15.0 Å². The highest BCUT2D eigenvalue weighted by molar-refractivity contribution is 5.83. The molecule has 0 atom stereocenters. The van der Waals surface area contributed by atoms with Crippen molar-refractivity contribution in [1.82, 2.24) is 15.0 Å². The number of pyridine rings is 1. The number of H-pyrrole nitrogens is 1. The van der Waals surface area contributed by atoms with E-state index in [2.05, 4.69) is 15.0 Å². The van der Waals surface area contributed by atoms with E-state index < -0.39 is 11.6 Å². The molecule has 1 aliphatic carbocycles. The van der Waals surface area contributed by atoms with Crippen molar-refractivity contribution < 1.29 is 13.2 Å². The van der Waals surface area contributed by atoms with Crippen LogP contribution in [0.3, 0.4) is 0 Å². The maximum atomic E-state index is 14.1. The summed E-state index contributed by atoms with van der Waals surface area (Å²) in [7, 11) is 0. The molecule has 29 heavy (non-hydrogen) atoms. The monoisotopic (exact) mass is 395 g/mol. The lowest BCUT2D eigenvalue weighted by Gasteiger charge is -2.29. The van der Waals surface area contributed by atoms with Gasteiger partial charge in [0.15, 0.2) is 11.6 Å². The Kier molecular flexibility index (Phi) is 4.49. The molecule has 4 aromatic rings. The van der Waals surface area contributed by atoms with Gasteiger partial charge >= 0.3 is 0 Å². The number of imidazole rings is 1. The van der Waals surface area contributed by atoms with Crippen LogP contribution < -0.4 is 0 Å². The summed E-state index contributed by atoms with van der Waals surface area (Å²) in [5.41, 5.74) is 2.59. The second-order valence-corrected chi connectivity index (χ2v) is 7.92. The fraction of sp³-hybridized carbons (Fsp3) is 0.304. The maximum absolute atomic E-state index is 14.1. The SMILES string of the molecule is Fc1cc2nc(CC3CCC(c4ccc(F)c5ncccc45)CC3)[nH]c2cc1F. The Morgan fingerprint density at radius 2 is 1.72 bits per heavy atom. The number of aromatic nitrogens is 3. The van der Waals surface area contributed by atoms with E-state index in [1.54, 1.807) is 6.20 Å². The van der Waals surface area contributed by atoms with E-state index >= 15 is 0 Å². The molecular weight excluding hydrogens is 375 g/mol. The van der Waals surface area contributed by atoms with Crippen LogP contribution in [-0.2, 0) is 6.42 Å². The van der Waals surface area contributed by atoms with Crippen LogP contribution in [0.4, 0.5) is 13.2 Å². The van der Waals surface area contributed by atoms with Crippen LogP contribution >= 0.6 is 0 Å². The Balaban J connectivity index is 1.31. The summed E-state index contributed by atoms with van der Waals surface area (Å²) in [6, 6.07) is 9.50. The summed E-state index contributed by atoms with van der Waals surface area (Å²) in [5.74, 6) is -0.407. The fourth-order valence-corrected chi connectivity index (χ4v) is 4.62. The molecule has 3 nitrogen and oxygen atoms in total.